The third-order valence-electron chi connectivity index (χ3n) is 1.93. The predicted octanol–water partition coefficient (Wildman–Crippen LogP) is 1.01. The van der Waals surface area contributed by atoms with E-state index in [9.17, 15) is 0 Å². The second-order valence-electron chi connectivity index (χ2n) is 3.06. The van der Waals surface area contributed by atoms with Crippen molar-refractivity contribution in [1.82, 2.24) is 25.2 Å². The van der Waals surface area contributed by atoms with Crippen LogP contribution in [0.3, 0.4) is 0 Å². The first kappa shape index (κ1) is 8.80. The van der Waals surface area contributed by atoms with Crippen molar-refractivity contribution in [3.8, 4) is 5.69 Å². The molecule has 0 atom stereocenters. The molecule has 2 heterocycles. The predicted molar refractivity (Wildman–Crippen MR) is 50.9 cm³/mol. The van der Waals surface area contributed by atoms with Crippen LogP contribution in [-0.4, -0.2) is 25.2 Å². The van der Waals surface area contributed by atoms with Crippen LogP contribution in [0.2, 0.25) is 0 Å². The van der Waals surface area contributed by atoms with E-state index in [0.29, 0.717) is 0 Å². The molecule has 0 saturated heterocycles. The summed E-state index contributed by atoms with van der Waals surface area (Å²) in [6.07, 6.45) is 7.32. The minimum absolute atomic E-state index is 0.904. The Morgan fingerprint density at radius 1 is 1.36 bits per heavy atom. The van der Waals surface area contributed by atoms with Gasteiger partial charge in [0.2, 0.25) is 0 Å². The molecule has 2 aromatic rings. The molecule has 0 bridgehead atoms. The van der Waals surface area contributed by atoms with Gasteiger partial charge in [-0.3, -0.25) is 4.98 Å². The molecule has 0 aliphatic carbocycles. The van der Waals surface area contributed by atoms with E-state index in [1.165, 1.54) is 5.56 Å². The monoisotopic (exact) mass is 189 g/mol. The van der Waals surface area contributed by atoms with Crippen molar-refractivity contribution in [2.45, 2.75) is 19.8 Å². The number of hydrogen-bond donors (Lipinski definition) is 0. The van der Waals surface area contributed by atoms with Crippen LogP contribution in [0, 0.1) is 0 Å². The summed E-state index contributed by atoms with van der Waals surface area (Å²) in [6.45, 7) is 2.14. The number of hydrogen-bond acceptors (Lipinski definition) is 4. The molecule has 2 aromatic heterocycles. The number of nitrogens with zero attached hydrogens (tertiary/aromatic N) is 5. The average molecular weight is 189 g/mol. The zero-order chi connectivity index (χ0) is 9.80. The number of aromatic nitrogens is 5. The molecule has 14 heavy (non-hydrogen) atoms. The molecular weight excluding hydrogens is 178 g/mol. The lowest BCUT2D eigenvalue weighted by molar-refractivity contribution is 0.782. The van der Waals surface area contributed by atoms with Crippen LogP contribution in [0.1, 0.15) is 18.9 Å². The van der Waals surface area contributed by atoms with Crippen molar-refractivity contribution in [3.63, 3.8) is 0 Å². The molecule has 72 valence electrons. The van der Waals surface area contributed by atoms with Gasteiger partial charge in [-0.1, -0.05) is 13.3 Å². The summed E-state index contributed by atoms with van der Waals surface area (Å²) in [5.41, 5.74) is 2.11. The van der Waals surface area contributed by atoms with Gasteiger partial charge < -0.3 is 0 Å². The molecule has 0 spiro atoms. The largest absolute Gasteiger partial charge is 0.262 e. The lowest BCUT2D eigenvalue weighted by atomic mass is 10.2. The minimum atomic E-state index is 0.904. The Morgan fingerprint density at radius 3 is 3.00 bits per heavy atom. The van der Waals surface area contributed by atoms with Crippen LogP contribution < -0.4 is 0 Å². The third kappa shape index (κ3) is 1.76. The van der Waals surface area contributed by atoms with Crippen molar-refractivity contribution in [2.24, 2.45) is 0 Å². The maximum absolute atomic E-state index is 4.14. The first-order valence-electron chi connectivity index (χ1n) is 4.57. The highest BCUT2D eigenvalue weighted by molar-refractivity contribution is 5.30. The molecule has 0 aliphatic heterocycles. The molecule has 0 unspecified atom stereocenters. The quantitative estimate of drug-likeness (QED) is 0.723. The van der Waals surface area contributed by atoms with Gasteiger partial charge in [0.25, 0.3) is 0 Å². The SMILES string of the molecule is CCCc1cncc(-n2cnnn2)c1. The summed E-state index contributed by atoms with van der Waals surface area (Å²) >= 11 is 0. The van der Waals surface area contributed by atoms with E-state index in [4.69, 9.17) is 0 Å². The van der Waals surface area contributed by atoms with E-state index in [1.807, 2.05) is 12.3 Å². The molecule has 0 fully saturated rings. The van der Waals surface area contributed by atoms with Crippen molar-refractivity contribution in [3.05, 3.63) is 30.4 Å². The molecule has 0 aromatic carbocycles. The summed E-state index contributed by atoms with van der Waals surface area (Å²) < 4.78 is 1.60. The fourth-order valence-electron chi connectivity index (χ4n) is 1.30. The van der Waals surface area contributed by atoms with Gasteiger partial charge in [0.15, 0.2) is 0 Å². The van der Waals surface area contributed by atoms with Crippen LogP contribution in [0.4, 0.5) is 0 Å². The fraction of sp³-hybridized carbons (Fsp3) is 0.333. The molecule has 2 rings (SSSR count). The third-order valence-corrected chi connectivity index (χ3v) is 1.93. The molecular formula is C9H11N5. The van der Waals surface area contributed by atoms with Crippen LogP contribution in [0.15, 0.2) is 24.8 Å². The minimum Gasteiger partial charge on any atom is -0.262 e. The Kier molecular flexibility index (Phi) is 2.48. The van der Waals surface area contributed by atoms with Gasteiger partial charge >= 0.3 is 0 Å². The Hall–Kier alpha value is -1.78. The summed E-state index contributed by atoms with van der Waals surface area (Å²) in [4.78, 5) is 4.14. The Bertz CT molecular complexity index is 395. The zero-order valence-corrected chi connectivity index (χ0v) is 7.96. The molecule has 5 heteroatoms. The van der Waals surface area contributed by atoms with Crippen molar-refractivity contribution >= 4 is 0 Å². The highest BCUT2D eigenvalue weighted by Crippen LogP contribution is 2.07. The van der Waals surface area contributed by atoms with E-state index in [0.717, 1.165) is 18.5 Å². The molecule has 0 aliphatic rings. The van der Waals surface area contributed by atoms with E-state index in [-0.39, 0.29) is 0 Å². The lowest BCUT2D eigenvalue weighted by Crippen LogP contribution is -1.97. The van der Waals surface area contributed by atoms with E-state index < -0.39 is 0 Å². The van der Waals surface area contributed by atoms with Crippen LogP contribution in [0.25, 0.3) is 5.69 Å². The highest BCUT2D eigenvalue weighted by Gasteiger charge is 1.99. The van der Waals surface area contributed by atoms with Gasteiger partial charge in [0.1, 0.15) is 6.33 Å². The van der Waals surface area contributed by atoms with Crippen LogP contribution in [0.5, 0.6) is 0 Å². The molecule has 0 amide bonds. The molecule has 0 N–H and O–H groups in total. The summed E-state index contributed by atoms with van der Waals surface area (Å²) in [5.74, 6) is 0. The number of pyridine rings is 1. The normalized spacial score (nSPS) is 10.4. The van der Waals surface area contributed by atoms with Crippen molar-refractivity contribution < 1.29 is 0 Å². The molecule has 5 nitrogen and oxygen atoms in total. The first-order chi connectivity index (χ1) is 6.90. The van der Waals surface area contributed by atoms with Crippen molar-refractivity contribution in [1.29, 1.82) is 0 Å². The van der Waals surface area contributed by atoms with E-state index >= 15 is 0 Å². The Morgan fingerprint density at radius 2 is 2.29 bits per heavy atom. The summed E-state index contributed by atoms with van der Waals surface area (Å²) in [5, 5.41) is 11.0. The number of rotatable bonds is 3. The zero-order valence-electron chi connectivity index (χ0n) is 7.96. The topological polar surface area (TPSA) is 56.5 Å². The fourth-order valence-corrected chi connectivity index (χ4v) is 1.30. The summed E-state index contributed by atoms with van der Waals surface area (Å²) in [7, 11) is 0. The standard InChI is InChI=1S/C9H11N5/c1-2-3-8-4-9(6-10-5-8)14-7-11-12-13-14/h4-7H,2-3H2,1H3. The van der Waals surface area contributed by atoms with E-state index in [2.05, 4.69) is 27.4 Å². The van der Waals surface area contributed by atoms with Gasteiger partial charge in [-0.05, 0) is 28.5 Å². The molecule has 0 saturated carbocycles. The molecule has 0 radical (unpaired) electrons. The Balaban J connectivity index is 2.31. The lowest BCUT2D eigenvalue weighted by Gasteiger charge is -2.01. The maximum atomic E-state index is 4.14. The summed E-state index contributed by atoms with van der Waals surface area (Å²) in [6, 6.07) is 2.05. The number of tetrazole rings is 1. The van der Waals surface area contributed by atoms with Crippen molar-refractivity contribution in [2.75, 3.05) is 0 Å². The smallest absolute Gasteiger partial charge is 0.143 e. The number of aryl methyl sites for hydroxylation is 1. The second-order valence-corrected chi connectivity index (χ2v) is 3.06. The van der Waals surface area contributed by atoms with Gasteiger partial charge in [-0.2, -0.15) is 4.68 Å². The van der Waals surface area contributed by atoms with Gasteiger partial charge in [-0.25, -0.2) is 0 Å². The second kappa shape index (κ2) is 3.95. The highest BCUT2D eigenvalue weighted by atomic mass is 15.5. The van der Waals surface area contributed by atoms with E-state index in [1.54, 1.807) is 17.2 Å². The average Bonchev–Trinajstić information content (AvgIpc) is 2.71. The first-order valence-corrected chi connectivity index (χ1v) is 4.57. The van der Waals surface area contributed by atoms with Crippen LogP contribution >= 0.6 is 0 Å². The van der Waals surface area contributed by atoms with Gasteiger partial charge in [0.05, 0.1) is 11.9 Å². The maximum Gasteiger partial charge on any atom is 0.143 e. The van der Waals surface area contributed by atoms with Gasteiger partial charge in [-0.15, -0.1) is 5.10 Å². The Labute approximate surface area is 81.8 Å². The van der Waals surface area contributed by atoms with Crippen LogP contribution in [-0.2, 0) is 6.42 Å². The van der Waals surface area contributed by atoms with Gasteiger partial charge in [0, 0.05) is 6.20 Å².